The van der Waals surface area contributed by atoms with E-state index in [0.29, 0.717) is 5.69 Å². The molecule has 5 nitrogen and oxygen atoms in total. The lowest BCUT2D eigenvalue weighted by atomic mass is 10.2. The molecule has 2 heterocycles. The quantitative estimate of drug-likeness (QED) is 0.755. The molecule has 0 amide bonds. The maximum Gasteiger partial charge on any atom is 0.155 e. The van der Waals surface area contributed by atoms with Crippen LogP contribution in [0.5, 0.6) is 0 Å². The summed E-state index contributed by atoms with van der Waals surface area (Å²) in [7, 11) is 0. The topological polar surface area (TPSA) is 69.6 Å². The third-order valence-corrected chi connectivity index (χ3v) is 2.23. The van der Waals surface area contributed by atoms with E-state index in [1.54, 1.807) is 10.9 Å². The summed E-state index contributed by atoms with van der Waals surface area (Å²) < 4.78 is 1.71. The van der Waals surface area contributed by atoms with Gasteiger partial charge in [-0.15, -0.1) is 5.10 Å². The fourth-order valence-electron chi connectivity index (χ4n) is 1.41. The van der Waals surface area contributed by atoms with Gasteiger partial charge in [0.25, 0.3) is 0 Å². The van der Waals surface area contributed by atoms with Gasteiger partial charge in [0.15, 0.2) is 5.82 Å². The summed E-state index contributed by atoms with van der Waals surface area (Å²) in [6.07, 6.45) is 1.64. The first-order valence-electron chi connectivity index (χ1n) is 4.70. The third-order valence-electron chi connectivity index (χ3n) is 2.23. The van der Waals surface area contributed by atoms with Crippen LogP contribution in [-0.4, -0.2) is 19.7 Å². The fraction of sp³-hybridized carbons (Fsp3) is 0.300. The largest absolute Gasteiger partial charge is 0.397 e. The lowest BCUT2D eigenvalue weighted by molar-refractivity contribution is 0.803. The van der Waals surface area contributed by atoms with Gasteiger partial charge in [-0.05, 0) is 32.4 Å². The van der Waals surface area contributed by atoms with Gasteiger partial charge < -0.3 is 5.73 Å². The molecule has 0 saturated carbocycles. The van der Waals surface area contributed by atoms with Crippen molar-refractivity contribution in [3.63, 3.8) is 0 Å². The molecule has 0 aromatic carbocycles. The van der Waals surface area contributed by atoms with Gasteiger partial charge in [0.1, 0.15) is 11.6 Å². The minimum atomic E-state index is 0.688. The molecule has 78 valence electrons. The van der Waals surface area contributed by atoms with Crippen LogP contribution < -0.4 is 5.73 Å². The molecule has 0 aliphatic carbocycles. The van der Waals surface area contributed by atoms with Crippen molar-refractivity contribution < 1.29 is 0 Å². The van der Waals surface area contributed by atoms with Crippen molar-refractivity contribution in [2.75, 3.05) is 5.73 Å². The number of hydrogen-bond acceptors (Lipinski definition) is 4. The van der Waals surface area contributed by atoms with Gasteiger partial charge in [-0.3, -0.25) is 0 Å². The number of nitrogens with zero attached hydrogens (tertiary/aromatic N) is 4. The van der Waals surface area contributed by atoms with Gasteiger partial charge in [0.05, 0.1) is 11.9 Å². The molecule has 2 rings (SSSR count). The average Bonchev–Trinajstić information content (AvgIpc) is 2.50. The van der Waals surface area contributed by atoms with Crippen molar-refractivity contribution in [3.8, 4) is 5.82 Å². The summed E-state index contributed by atoms with van der Waals surface area (Å²) in [6, 6.07) is 1.90. The van der Waals surface area contributed by atoms with Crippen LogP contribution in [0.1, 0.15) is 17.2 Å². The zero-order valence-corrected chi connectivity index (χ0v) is 9.02. The first-order chi connectivity index (χ1) is 7.08. The van der Waals surface area contributed by atoms with E-state index < -0.39 is 0 Å². The Labute approximate surface area is 88.0 Å². The first kappa shape index (κ1) is 9.64. The smallest absolute Gasteiger partial charge is 0.155 e. The Hall–Kier alpha value is -1.91. The summed E-state index contributed by atoms with van der Waals surface area (Å²) in [6.45, 7) is 5.70. The van der Waals surface area contributed by atoms with Crippen molar-refractivity contribution >= 4 is 5.69 Å². The van der Waals surface area contributed by atoms with Gasteiger partial charge in [0, 0.05) is 0 Å². The molecule has 2 aromatic heterocycles. The van der Waals surface area contributed by atoms with Crippen LogP contribution in [0.25, 0.3) is 5.82 Å². The molecule has 0 spiro atoms. The molecular formula is C10H13N5. The predicted molar refractivity (Wildman–Crippen MR) is 57.8 cm³/mol. The van der Waals surface area contributed by atoms with E-state index in [1.165, 1.54) is 0 Å². The van der Waals surface area contributed by atoms with E-state index in [0.717, 1.165) is 23.0 Å². The van der Waals surface area contributed by atoms with Crippen LogP contribution in [0, 0.1) is 20.8 Å². The number of pyridine rings is 1. The van der Waals surface area contributed by atoms with E-state index >= 15 is 0 Å². The van der Waals surface area contributed by atoms with Crippen molar-refractivity contribution in [2.24, 2.45) is 0 Å². The standard InChI is InChI=1S/C10H13N5/c1-6-4-10(12-5-9(6)11)15-8(3)13-7(2)14-15/h4-5H,11H2,1-3H3. The number of hydrogen-bond donors (Lipinski definition) is 1. The molecule has 0 fully saturated rings. The molecule has 0 radical (unpaired) electrons. The summed E-state index contributed by atoms with van der Waals surface area (Å²) in [5, 5.41) is 4.25. The van der Waals surface area contributed by atoms with Crippen LogP contribution in [0.3, 0.4) is 0 Å². The van der Waals surface area contributed by atoms with Gasteiger partial charge in [0.2, 0.25) is 0 Å². The third kappa shape index (κ3) is 1.68. The van der Waals surface area contributed by atoms with Crippen LogP contribution in [-0.2, 0) is 0 Å². The molecule has 0 aliphatic heterocycles. The number of aryl methyl sites for hydroxylation is 3. The average molecular weight is 203 g/mol. The molecular weight excluding hydrogens is 190 g/mol. The molecule has 2 N–H and O–H groups in total. The SMILES string of the molecule is Cc1nc(C)n(-c2cc(C)c(N)cn2)n1. The monoisotopic (exact) mass is 203 g/mol. The van der Waals surface area contributed by atoms with Crippen molar-refractivity contribution in [1.82, 2.24) is 19.7 Å². The zero-order chi connectivity index (χ0) is 11.0. The highest BCUT2D eigenvalue weighted by molar-refractivity contribution is 5.47. The highest BCUT2D eigenvalue weighted by Crippen LogP contribution is 2.13. The molecule has 0 atom stereocenters. The first-order valence-corrected chi connectivity index (χ1v) is 4.70. The Morgan fingerprint density at radius 1 is 1.27 bits per heavy atom. The Morgan fingerprint density at radius 2 is 2.00 bits per heavy atom. The summed E-state index contributed by atoms with van der Waals surface area (Å²) in [5.41, 5.74) is 7.38. The molecule has 0 bridgehead atoms. The highest BCUT2D eigenvalue weighted by atomic mass is 15.4. The Morgan fingerprint density at radius 3 is 2.53 bits per heavy atom. The minimum Gasteiger partial charge on any atom is -0.397 e. The second-order valence-corrected chi connectivity index (χ2v) is 3.52. The highest BCUT2D eigenvalue weighted by Gasteiger charge is 2.06. The zero-order valence-electron chi connectivity index (χ0n) is 9.02. The van der Waals surface area contributed by atoms with Crippen molar-refractivity contribution in [2.45, 2.75) is 20.8 Å². The lowest BCUT2D eigenvalue weighted by Gasteiger charge is -2.04. The number of aromatic nitrogens is 4. The number of nitrogen functional groups attached to an aromatic ring is 1. The van der Waals surface area contributed by atoms with E-state index in [4.69, 9.17) is 5.73 Å². The van der Waals surface area contributed by atoms with E-state index in [2.05, 4.69) is 15.1 Å². The van der Waals surface area contributed by atoms with Crippen LogP contribution in [0.15, 0.2) is 12.3 Å². The number of nitrogens with two attached hydrogens (primary N) is 1. The lowest BCUT2D eigenvalue weighted by Crippen LogP contribution is -2.03. The maximum absolute atomic E-state index is 5.70. The van der Waals surface area contributed by atoms with Gasteiger partial charge in [-0.1, -0.05) is 0 Å². The van der Waals surface area contributed by atoms with Crippen molar-refractivity contribution in [3.05, 3.63) is 29.5 Å². The molecule has 0 aliphatic rings. The summed E-state index contributed by atoms with van der Waals surface area (Å²) in [5.74, 6) is 2.31. The van der Waals surface area contributed by atoms with Crippen molar-refractivity contribution in [1.29, 1.82) is 0 Å². The minimum absolute atomic E-state index is 0.688. The summed E-state index contributed by atoms with van der Waals surface area (Å²) in [4.78, 5) is 8.44. The normalized spacial score (nSPS) is 10.6. The Bertz CT molecular complexity index is 501. The van der Waals surface area contributed by atoms with Crippen LogP contribution >= 0.6 is 0 Å². The van der Waals surface area contributed by atoms with Gasteiger partial charge >= 0.3 is 0 Å². The Balaban J connectivity index is 2.54. The van der Waals surface area contributed by atoms with Crippen LogP contribution in [0.2, 0.25) is 0 Å². The molecule has 15 heavy (non-hydrogen) atoms. The second kappa shape index (κ2) is 3.34. The maximum atomic E-state index is 5.70. The fourth-order valence-corrected chi connectivity index (χ4v) is 1.41. The second-order valence-electron chi connectivity index (χ2n) is 3.52. The van der Waals surface area contributed by atoms with E-state index in [-0.39, 0.29) is 0 Å². The van der Waals surface area contributed by atoms with Crippen LogP contribution in [0.4, 0.5) is 5.69 Å². The van der Waals surface area contributed by atoms with E-state index in [9.17, 15) is 0 Å². The molecule has 0 saturated heterocycles. The predicted octanol–water partition coefficient (Wildman–Crippen LogP) is 1.17. The van der Waals surface area contributed by atoms with Gasteiger partial charge in [-0.25, -0.2) is 9.97 Å². The van der Waals surface area contributed by atoms with E-state index in [1.807, 2.05) is 26.8 Å². The number of anilines is 1. The van der Waals surface area contributed by atoms with Gasteiger partial charge in [-0.2, -0.15) is 4.68 Å². The Kier molecular flexibility index (Phi) is 2.15. The number of rotatable bonds is 1. The summed E-state index contributed by atoms with van der Waals surface area (Å²) >= 11 is 0. The molecule has 0 unspecified atom stereocenters. The molecule has 2 aromatic rings. The molecule has 5 heteroatoms.